The van der Waals surface area contributed by atoms with Crippen LogP contribution in [-0.2, 0) is 6.42 Å². The van der Waals surface area contributed by atoms with E-state index in [0.717, 1.165) is 44.5 Å². The highest BCUT2D eigenvalue weighted by molar-refractivity contribution is 6.31. The Balaban J connectivity index is 1.44. The molecule has 5 nitrogen and oxygen atoms in total. The fraction of sp³-hybridized carbons (Fsp3) is 0.500. The first-order valence-corrected chi connectivity index (χ1v) is 9.60. The predicted octanol–water partition coefficient (Wildman–Crippen LogP) is 3.50. The molecule has 1 aliphatic rings. The third-order valence-corrected chi connectivity index (χ3v) is 5.33. The van der Waals surface area contributed by atoms with Crippen molar-refractivity contribution in [1.82, 2.24) is 20.2 Å². The summed E-state index contributed by atoms with van der Waals surface area (Å²) in [5, 5.41) is 4.28. The second kappa shape index (κ2) is 9.31. The lowest BCUT2D eigenvalue weighted by Crippen LogP contribution is -2.43. The molecule has 3 heterocycles. The van der Waals surface area contributed by atoms with Crippen molar-refractivity contribution in [3.8, 4) is 5.88 Å². The van der Waals surface area contributed by atoms with Gasteiger partial charge in [0.15, 0.2) is 0 Å². The molecule has 0 spiro atoms. The number of pyridine rings is 2. The molecule has 3 rings (SSSR count). The molecule has 6 heteroatoms. The van der Waals surface area contributed by atoms with Crippen LogP contribution in [0.3, 0.4) is 0 Å². The van der Waals surface area contributed by atoms with E-state index in [-0.39, 0.29) is 6.04 Å². The fourth-order valence-corrected chi connectivity index (χ4v) is 3.69. The van der Waals surface area contributed by atoms with Gasteiger partial charge in [0.2, 0.25) is 5.88 Å². The van der Waals surface area contributed by atoms with E-state index < -0.39 is 0 Å². The molecule has 0 amide bonds. The number of nitrogens with zero attached hydrogens (tertiary/aromatic N) is 3. The molecule has 2 aromatic heterocycles. The molecule has 1 aliphatic heterocycles. The van der Waals surface area contributed by atoms with Gasteiger partial charge in [0, 0.05) is 37.2 Å². The number of rotatable bonds is 7. The first-order valence-electron chi connectivity index (χ1n) is 9.22. The highest BCUT2D eigenvalue weighted by atomic mass is 35.5. The Morgan fingerprint density at radius 3 is 2.69 bits per heavy atom. The van der Waals surface area contributed by atoms with Gasteiger partial charge >= 0.3 is 0 Å². The van der Waals surface area contributed by atoms with Crippen LogP contribution in [0.2, 0.25) is 5.02 Å². The van der Waals surface area contributed by atoms with Gasteiger partial charge in [-0.05, 0) is 68.6 Å². The molecular formula is C20H27ClN4O. The summed E-state index contributed by atoms with van der Waals surface area (Å²) in [6.45, 7) is 5.55. The van der Waals surface area contributed by atoms with Crippen LogP contribution in [0.25, 0.3) is 0 Å². The van der Waals surface area contributed by atoms with Gasteiger partial charge in [-0.1, -0.05) is 11.6 Å². The van der Waals surface area contributed by atoms with Crippen molar-refractivity contribution >= 4 is 11.6 Å². The number of hydrogen-bond acceptors (Lipinski definition) is 5. The first kappa shape index (κ1) is 19.1. The lowest BCUT2D eigenvalue weighted by molar-refractivity contribution is 0.194. The Labute approximate surface area is 160 Å². The Kier molecular flexibility index (Phi) is 6.83. The van der Waals surface area contributed by atoms with E-state index in [0.29, 0.717) is 16.9 Å². The molecule has 1 unspecified atom stereocenters. The quantitative estimate of drug-likeness (QED) is 0.803. The molecule has 1 N–H and O–H groups in total. The van der Waals surface area contributed by atoms with Crippen LogP contribution in [-0.4, -0.2) is 47.7 Å². The number of aromatic nitrogens is 2. The van der Waals surface area contributed by atoms with Crippen molar-refractivity contribution < 1.29 is 4.74 Å². The van der Waals surface area contributed by atoms with Gasteiger partial charge in [0.1, 0.15) is 5.02 Å². The van der Waals surface area contributed by atoms with Gasteiger partial charge in [-0.2, -0.15) is 0 Å². The molecule has 0 radical (unpaired) electrons. The molecule has 0 aromatic carbocycles. The summed E-state index contributed by atoms with van der Waals surface area (Å²) >= 11 is 6.19. The minimum atomic E-state index is 0.222. The molecule has 0 bridgehead atoms. The van der Waals surface area contributed by atoms with Gasteiger partial charge in [0.05, 0.1) is 7.11 Å². The topological polar surface area (TPSA) is 50.3 Å². The van der Waals surface area contributed by atoms with Crippen LogP contribution in [0, 0.1) is 0 Å². The van der Waals surface area contributed by atoms with E-state index in [9.17, 15) is 0 Å². The van der Waals surface area contributed by atoms with E-state index >= 15 is 0 Å². The van der Waals surface area contributed by atoms with Crippen molar-refractivity contribution in [3.63, 3.8) is 0 Å². The summed E-state index contributed by atoms with van der Waals surface area (Å²) in [6.07, 6.45) is 9.00. The first-order chi connectivity index (χ1) is 12.7. The zero-order valence-electron chi connectivity index (χ0n) is 15.5. The van der Waals surface area contributed by atoms with Crippen LogP contribution in [0.4, 0.5) is 0 Å². The Hall–Kier alpha value is -1.69. The summed E-state index contributed by atoms with van der Waals surface area (Å²) < 4.78 is 5.12. The average molecular weight is 375 g/mol. The number of likely N-dealkylation sites (tertiary alicyclic amines) is 1. The van der Waals surface area contributed by atoms with Crippen LogP contribution in [0.5, 0.6) is 5.88 Å². The Morgan fingerprint density at radius 1 is 1.31 bits per heavy atom. The van der Waals surface area contributed by atoms with Crippen molar-refractivity contribution in [1.29, 1.82) is 0 Å². The van der Waals surface area contributed by atoms with Gasteiger partial charge < -0.3 is 15.0 Å². The van der Waals surface area contributed by atoms with E-state index in [4.69, 9.17) is 16.3 Å². The molecule has 1 atom stereocenters. The molecule has 26 heavy (non-hydrogen) atoms. The van der Waals surface area contributed by atoms with Crippen LogP contribution in [0.1, 0.15) is 36.9 Å². The van der Waals surface area contributed by atoms with E-state index in [1.807, 2.05) is 24.7 Å². The van der Waals surface area contributed by atoms with Gasteiger partial charge in [-0.25, -0.2) is 4.98 Å². The third-order valence-electron chi connectivity index (χ3n) is 5.06. The largest absolute Gasteiger partial charge is 0.480 e. The zero-order valence-corrected chi connectivity index (χ0v) is 16.2. The predicted molar refractivity (Wildman–Crippen MR) is 105 cm³/mol. The monoisotopic (exact) mass is 374 g/mol. The normalized spacial score (nSPS) is 17.2. The summed E-state index contributed by atoms with van der Waals surface area (Å²) in [4.78, 5) is 10.9. The molecule has 1 saturated heterocycles. The minimum Gasteiger partial charge on any atom is -0.480 e. The fourth-order valence-electron chi connectivity index (χ4n) is 3.44. The number of piperidine rings is 1. The van der Waals surface area contributed by atoms with E-state index in [1.165, 1.54) is 5.56 Å². The van der Waals surface area contributed by atoms with Crippen LogP contribution in [0.15, 0.2) is 36.8 Å². The maximum atomic E-state index is 6.19. The average Bonchev–Trinajstić information content (AvgIpc) is 2.68. The molecule has 140 valence electrons. The summed E-state index contributed by atoms with van der Waals surface area (Å²) in [5.41, 5.74) is 2.45. The lowest BCUT2D eigenvalue weighted by atomic mass is 10.0. The smallest absolute Gasteiger partial charge is 0.232 e. The van der Waals surface area contributed by atoms with Gasteiger partial charge in [0.25, 0.3) is 0 Å². The van der Waals surface area contributed by atoms with Crippen molar-refractivity contribution in [3.05, 3.63) is 52.9 Å². The molecule has 2 aromatic rings. The van der Waals surface area contributed by atoms with Gasteiger partial charge in [-0.3, -0.25) is 4.98 Å². The number of nitrogens with one attached hydrogen (secondary N) is 1. The number of methoxy groups -OCH3 is 1. The second-order valence-corrected chi connectivity index (χ2v) is 7.28. The Bertz CT molecular complexity index is 689. The molecule has 0 aliphatic carbocycles. The molecule has 1 fully saturated rings. The van der Waals surface area contributed by atoms with E-state index in [1.54, 1.807) is 7.11 Å². The highest BCUT2D eigenvalue weighted by Crippen LogP contribution is 2.25. The maximum Gasteiger partial charge on any atom is 0.232 e. The SMILES string of the molecule is COc1ncc(C(C)NC2CCN(CCc3ccncc3)CC2)cc1Cl. The lowest BCUT2D eigenvalue weighted by Gasteiger charge is -2.34. The third kappa shape index (κ3) is 5.16. The maximum absolute atomic E-state index is 6.19. The van der Waals surface area contributed by atoms with Crippen LogP contribution >= 0.6 is 11.6 Å². The second-order valence-electron chi connectivity index (χ2n) is 6.87. The van der Waals surface area contributed by atoms with Crippen LogP contribution < -0.4 is 10.1 Å². The summed E-state index contributed by atoms with van der Waals surface area (Å²) in [7, 11) is 1.58. The summed E-state index contributed by atoms with van der Waals surface area (Å²) in [6, 6.07) is 6.89. The number of halogens is 1. The van der Waals surface area contributed by atoms with E-state index in [2.05, 4.69) is 39.2 Å². The van der Waals surface area contributed by atoms with Crippen molar-refractivity contribution in [2.45, 2.75) is 38.3 Å². The minimum absolute atomic E-state index is 0.222. The van der Waals surface area contributed by atoms with Crippen molar-refractivity contribution in [2.75, 3.05) is 26.7 Å². The zero-order chi connectivity index (χ0) is 18.4. The summed E-state index contributed by atoms with van der Waals surface area (Å²) in [5.74, 6) is 0.477. The van der Waals surface area contributed by atoms with Gasteiger partial charge in [-0.15, -0.1) is 0 Å². The van der Waals surface area contributed by atoms with Crippen molar-refractivity contribution in [2.24, 2.45) is 0 Å². The number of ether oxygens (including phenoxy) is 1. The number of hydrogen-bond donors (Lipinski definition) is 1. The molecular weight excluding hydrogens is 348 g/mol. The standard InChI is InChI=1S/C20H27ClN4O/c1-15(17-13-19(21)20(26-2)23-14-17)24-18-6-11-25(12-7-18)10-5-16-3-8-22-9-4-16/h3-4,8-9,13-15,18,24H,5-7,10-12H2,1-2H3. The Morgan fingerprint density at radius 2 is 2.04 bits per heavy atom. The molecule has 0 saturated carbocycles. The highest BCUT2D eigenvalue weighted by Gasteiger charge is 2.21.